The third kappa shape index (κ3) is 9.84. The highest BCUT2D eigenvalue weighted by Crippen LogP contribution is 2.20. The zero-order valence-electron chi connectivity index (χ0n) is 22.8. The van der Waals surface area contributed by atoms with Crippen molar-refractivity contribution in [3.05, 3.63) is 65.7 Å². The number of hydrogen-bond donors (Lipinski definition) is 1. The van der Waals surface area contributed by atoms with E-state index in [0.29, 0.717) is 38.0 Å². The molecule has 0 saturated heterocycles. The van der Waals surface area contributed by atoms with Crippen molar-refractivity contribution >= 4 is 27.5 Å². The topological polar surface area (TPSA) is 86.8 Å². The molecule has 8 heteroatoms. The summed E-state index contributed by atoms with van der Waals surface area (Å²) < 4.78 is 26.4. The molecular weight excluding hydrogens is 486 g/mol. The number of aryl methyl sites for hydroxylation is 1. The first-order valence-electron chi connectivity index (χ1n) is 13.4. The van der Waals surface area contributed by atoms with Crippen molar-refractivity contribution in [2.75, 3.05) is 30.2 Å². The van der Waals surface area contributed by atoms with E-state index in [0.717, 1.165) is 30.4 Å². The van der Waals surface area contributed by atoms with Crippen LogP contribution >= 0.6 is 0 Å². The van der Waals surface area contributed by atoms with Crippen molar-refractivity contribution in [1.82, 2.24) is 10.2 Å². The zero-order valence-corrected chi connectivity index (χ0v) is 23.6. The lowest BCUT2D eigenvalue weighted by molar-refractivity contribution is -0.140. The fraction of sp³-hybridized carbons (Fsp3) is 0.517. The first kappa shape index (κ1) is 30.4. The van der Waals surface area contributed by atoms with E-state index in [9.17, 15) is 18.0 Å². The molecule has 1 unspecified atom stereocenters. The molecule has 2 aromatic rings. The number of sulfonamides is 1. The summed E-state index contributed by atoms with van der Waals surface area (Å²) >= 11 is 0. The molecule has 204 valence electrons. The maximum atomic E-state index is 13.4. The molecule has 2 amide bonds. The number of nitrogens with zero attached hydrogens (tertiary/aromatic N) is 2. The van der Waals surface area contributed by atoms with Crippen LogP contribution in [0.25, 0.3) is 0 Å². The minimum absolute atomic E-state index is 0.133. The summed E-state index contributed by atoms with van der Waals surface area (Å²) in [5, 5.41) is 2.97. The van der Waals surface area contributed by atoms with Gasteiger partial charge >= 0.3 is 0 Å². The molecule has 0 spiro atoms. The molecule has 0 fully saturated rings. The van der Waals surface area contributed by atoms with E-state index in [1.807, 2.05) is 68.4 Å². The molecule has 0 aliphatic rings. The highest BCUT2D eigenvalue weighted by atomic mass is 32.2. The van der Waals surface area contributed by atoms with Gasteiger partial charge in [-0.1, -0.05) is 69.7 Å². The quantitative estimate of drug-likeness (QED) is 0.323. The fourth-order valence-electron chi connectivity index (χ4n) is 4.30. The van der Waals surface area contributed by atoms with Gasteiger partial charge in [-0.05, 0) is 55.4 Å². The molecule has 1 atom stereocenters. The van der Waals surface area contributed by atoms with Gasteiger partial charge in [0.1, 0.15) is 6.04 Å². The van der Waals surface area contributed by atoms with Gasteiger partial charge in [0.15, 0.2) is 0 Å². The van der Waals surface area contributed by atoms with Crippen LogP contribution in [-0.4, -0.2) is 57.1 Å². The molecule has 37 heavy (non-hydrogen) atoms. The molecule has 0 bridgehead atoms. The largest absolute Gasteiger partial charge is 0.354 e. The van der Waals surface area contributed by atoms with Crippen molar-refractivity contribution in [3.63, 3.8) is 0 Å². The molecule has 0 radical (unpaired) electrons. The third-order valence-electron chi connectivity index (χ3n) is 6.48. The van der Waals surface area contributed by atoms with Crippen LogP contribution in [0.4, 0.5) is 5.69 Å². The van der Waals surface area contributed by atoms with Crippen LogP contribution in [0.5, 0.6) is 0 Å². The van der Waals surface area contributed by atoms with Gasteiger partial charge < -0.3 is 10.2 Å². The number of benzene rings is 2. The van der Waals surface area contributed by atoms with E-state index in [1.54, 1.807) is 4.90 Å². The second-order valence-electron chi connectivity index (χ2n) is 9.35. The summed E-state index contributed by atoms with van der Waals surface area (Å²) in [5.41, 5.74) is 2.82. The lowest BCUT2D eigenvalue weighted by Crippen LogP contribution is -2.50. The number of hydrogen-bond acceptors (Lipinski definition) is 4. The number of carbonyl (C=O) groups excluding carboxylic acids is 2. The minimum Gasteiger partial charge on any atom is -0.354 e. The van der Waals surface area contributed by atoms with E-state index < -0.39 is 16.1 Å². The Bertz CT molecular complexity index is 1070. The molecule has 1 N–H and O–H groups in total. The maximum absolute atomic E-state index is 13.4. The Kier molecular flexibility index (Phi) is 12.6. The van der Waals surface area contributed by atoms with Crippen molar-refractivity contribution in [3.8, 4) is 0 Å². The monoisotopic (exact) mass is 529 g/mol. The highest BCUT2D eigenvalue weighted by Gasteiger charge is 2.28. The number of amides is 2. The lowest BCUT2D eigenvalue weighted by atomic mass is 10.1. The Hall–Kier alpha value is -2.87. The second-order valence-corrected chi connectivity index (χ2v) is 11.3. The Morgan fingerprint density at radius 2 is 1.57 bits per heavy atom. The smallest absolute Gasteiger partial charge is 0.242 e. The Morgan fingerprint density at radius 3 is 2.14 bits per heavy atom. The molecule has 7 nitrogen and oxygen atoms in total. The first-order chi connectivity index (χ1) is 17.7. The standard InChI is InChI=1S/C29H43N3O4S/c1-5-8-21-30-29(34)27(7-3)31(23-20-25-13-10-9-11-14-25)28(33)15-12-22-32(37(4,35)36)26-18-16-24(6-2)17-19-26/h9-11,13-14,16-19,27H,5-8,12,15,20-23H2,1-4H3,(H,30,34). The van der Waals surface area contributed by atoms with Gasteiger partial charge in [0.2, 0.25) is 21.8 Å². The number of unbranched alkanes of at least 4 members (excludes halogenated alkanes) is 1. The van der Waals surface area contributed by atoms with Crippen molar-refractivity contribution in [2.24, 2.45) is 0 Å². The summed E-state index contributed by atoms with van der Waals surface area (Å²) in [6.07, 6.45) is 5.60. The predicted octanol–water partition coefficient (Wildman–Crippen LogP) is 4.56. The number of anilines is 1. The summed E-state index contributed by atoms with van der Waals surface area (Å²) in [4.78, 5) is 28.1. The fourth-order valence-corrected chi connectivity index (χ4v) is 5.27. The van der Waals surface area contributed by atoms with Crippen LogP contribution < -0.4 is 9.62 Å². The van der Waals surface area contributed by atoms with E-state index in [1.165, 1.54) is 10.6 Å². The predicted molar refractivity (Wildman–Crippen MR) is 151 cm³/mol. The van der Waals surface area contributed by atoms with Gasteiger partial charge in [0.25, 0.3) is 0 Å². The summed E-state index contributed by atoms with van der Waals surface area (Å²) in [6, 6.07) is 16.8. The van der Waals surface area contributed by atoms with Gasteiger partial charge in [-0.2, -0.15) is 0 Å². The summed E-state index contributed by atoms with van der Waals surface area (Å²) in [7, 11) is -3.50. The average molecular weight is 530 g/mol. The molecule has 0 heterocycles. The summed E-state index contributed by atoms with van der Waals surface area (Å²) in [6.45, 7) is 7.24. The Labute approximate surface area is 223 Å². The number of rotatable bonds is 16. The summed E-state index contributed by atoms with van der Waals surface area (Å²) in [5.74, 6) is -0.269. The normalized spacial score (nSPS) is 12.1. The van der Waals surface area contributed by atoms with Crippen molar-refractivity contribution in [1.29, 1.82) is 0 Å². The Morgan fingerprint density at radius 1 is 0.892 bits per heavy atom. The SMILES string of the molecule is CCCCNC(=O)C(CC)N(CCc1ccccc1)C(=O)CCCN(c1ccc(CC)cc1)S(C)(=O)=O. The van der Waals surface area contributed by atoms with Crippen LogP contribution in [0.15, 0.2) is 54.6 Å². The van der Waals surface area contributed by atoms with E-state index in [2.05, 4.69) is 12.2 Å². The van der Waals surface area contributed by atoms with Crippen LogP contribution in [0.3, 0.4) is 0 Å². The van der Waals surface area contributed by atoms with Gasteiger partial charge in [0.05, 0.1) is 11.9 Å². The van der Waals surface area contributed by atoms with E-state index in [4.69, 9.17) is 0 Å². The van der Waals surface area contributed by atoms with Gasteiger partial charge in [-0.25, -0.2) is 8.42 Å². The lowest BCUT2D eigenvalue weighted by Gasteiger charge is -2.31. The molecule has 0 aliphatic carbocycles. The van der Waals surface area contributed by atoms with E-state index >= 15 is 0 Å². The second kappa shape index (κ2) is 15.4. The van der Waals surface area contributed by atoms with Crippen LogP contribution in [0.1, 0.15) is 64.0 Å². The highest BCUT2D eigenvalue weighted by molar-refractivity contribution is 7.92. The van der Waals surface area contributed by atoms with Crippen LogP contribution in [0.2, 0.25) is 0 Å². The van der Waals surface area contributed by atoms with Gasteiger partial charge in [-0.15, -0.1) is 0 Å². The molecule has 2 aromatic carbocycles. The van der Waals surface area contributed by atoms with Gasteiger partial charge in [0, 0.05) is 26.1 Å². The van der Waals surface area contributed by atoms with Crippen LogP contribution in [0, 0.1) is 0 Å². The van der Waals surface area contributed by atoms with E-state index in [-0.39, 0.29) is 24.8 Å². The van der Waals surface area contributed by atoms with Gasteiger partial charge in [-0.3, -0.25) is 13.9 Å². The molecule has 0 saturated carbocycles. The molecule has 2 rings (SSSR count). The third-order valence-corrected chi connectivity index (χ3v) is 7.68. The molecular formula is C29H43N3O4S. The zero-order chi connectivity index (χ0) is 27.3. The van der Waals surface area contributed by atoms with Crippen LogP contribution in [-0.2, 0) is 32.5 Å². The number of carbonyl (C=O) groups is 2. The number of nitrogens with one attached hydrogen (secondary N) is 1. The maximum Gasteiger partial charge on any atom is 0.242 e. The van der Waals surface area contributed by atoms with Crippen molar-refractivity contribution < 1.29 is 18.0 Å². The molecule has 0 aromatic heterocycles. The molecule has 0 aliphatic heterocycles. The average Bonchev–Trinajstić information content (AvgIpc) is 2.89. The minimum atomic E-state index is -3.50. The van der Waals surface area contributed by atoms with Crippen molar-refractivity contribution in [2.45, 2.75) is 71.8 Å². The first-order valence-corrected chi connectivity index (χ1v) is 15.2. The Balaban J connectivity index is 2.13.